The van der Waals surface area contributed by atoms with Crippen LogP contribution in [0, 0.1) is 0 Å². The van der Waals surface area contributed by atoms with Crippen LogP contribution < -0.4 is 3.54 Å². The molecule has 0 saturated carbocycles. The fraction of sp³-hybridized carbons (Fsp3) is 0.400. The minimum Gasteiger partial charge on any atom is -0.147 e. The van der Waals surface area contributed by atoms with E-state index < -0.39 is 0 Å². The maximum absolute atomic E-state index is 3.34. The first-order valence-corrected chi connectivity index (χ1v) is 7.73. The molecule has 1 aromatic rings. The van der Waals surface area contributed by atoms with Crippen molar-refractivity contribution in [3.05, 3.63) is 35.9 Å². The van der Waals surface area contributed by atoms with Crippen LogP contribution in [0.4, 0.5) is 0 Å². The summed E-state index contributed by atoms with van der Waals surface area (Å²) in [5.41, 5.74) is 1.48. The Morgan fingerprint density at radius 2 is 1.92 bits per heavy atom. The van der Waals surface area contributed by atoms with Gasteiger partial charge in [0.15, 0.2) is 0 Å². The Bertz CT molecular complexity index is 215. The summed E-state index contributed by atoms with van der Waals surface area (Å²) >= 11 is -0.269. The van der Waals surface area contributed by atoms with E-state index in [1.54, 1.807) is 0 Å². The van der Waals surface area contributed by atoms with Crippen molar-refractivity contribution in [2.75, 3.05) is 7.05 Å². The largest absolute Gasteiger partial charge is 0.147 e. The minimum absolute atomic E-state index is 0. The topological polar surface area (TPSA) is 12.0 Å². The summed E-state index contributed by atoms with van der Waals surface area (Å²) in [5, 5.41) is 0. The summed E-state index contributed by atoms with van der Waals surface area (Å²) in [6.07, 6.45) is 0. The second-order valence-electron chi connectivity index (χ2n) is 2.94. The van der Waals surface area contributed by atoms with Gasteiger partial charge in [-0.1, -0.05) is 0 Å². The van der Waals surface area contributed by atoms with E-state index >= 15 is 0 Å². The Labute approximate surface area is 97.3 Å². The monoisotopic (exact) mass is 305 g/mol. The van der Waals surface area contributed by atoms with Crippen molar-refractivity contribution in [3.63, 3.8) is 0 Å². The van der Waals surface area contributed by atoms with Crippen molar-refractivity contribution in [1.82, 2.24) is 3.54 Å². The van der Waals surface area contributed by atoms with Gasteiger partial charge in [-0.15, -0.1) is 12.4 Å². The molecule has 0 aliphatic carbocycles. The van der Waals surface area contributed by atoms with E-state index in [9.17, 15) is 0 Å². The van der Waals surface area contributed by atoms with Gasteiger partial charge in [0, 0.05) is 0 Å². The van der Waals surface area contributed by atoms with Crippen LogP contribution in [0.15, 0.2) is 30.3 Å². The van der Waals surface area contributed by atoms with Crippen LogP contribution in [-0.4, -0.2) is 28.5 Å². The van der Waals surface area contributed by atoms with Gasteiger partial charge in [0.2, 0.25) is 0 Å². The van der Waals surface area contributed by atoms with Crippen LogP contribution in [0.5, 0.6) is 0 Å². The van der Waals surface area contributed by atoms with Gasteiger partial charge in [-0.05, 0) is 0 Å². The van der Waals surface area contributed by atoms with E-state index in [-0.39, 0.29) is 33.8 Å². The number of nitrogens with one attached hydrogen (secondary N) is 1. The molecule has 1 unspecified atom stereocenters. The molecule has 0 aromatic heterocycles. The molecule has 0 saturated heterocycles. The normalized spacial score (nSPS) is 11.8. The van der Waals surface area contributed by atoms with E-state index in [4.69, 9.17) is 0 Å². The molecule has 0 bridgehead atoms. The second-order valence-corrected chi connectivity index (χ2v) is 6.54. The maximum Gasteiger partial charge on any atom is -0.147 e. The van der Waals surface area contributed by atoms with Gasteiger partial charge < -0.3 is 0 Å². The first-order valence-electron chi connectivity index (χ1n) is 4.29. The van der Waals surface area contributed by atoms with Gasteiger partial charge in [-0.2, -0.15) is 0 Å². The first-order chi connectivity index (χ1) is 5.84. The van der Waals surface area contributed by atoms with Crippen LogP contribution in [0.25, 0.3) is 0 Å². The fourth-order valence-corrected chi connectivity index (χ4v) is 3.28. The Hall–Kier alpha value is 0.269. The van der Waals surface area contributed by atoms with Crippen molar-refractivity contribution in [2.45, 2.75) is 17.3 Å². The average Bonchev–Trinajstić information content (AvgIpc) is 2.15. The first kappa shape index (κ1) is 13.3. The molecule has 1 N–H and O–H groups in total. The van der Waals surface area contributed by atoms with Crippen LogP contribution in [0.3, 0.4) is 0 Å². The standard InChI is InChI=1S/C9H11.CH4N.ClH.Sn/c1-8(2)9-6-4-3-5-7-9;1-2;;/h3-8H,1H2,2H3;2H,1H3;1H;/q;-1;;+1. The van der Waals surface area contributed by atoms with Gasteiger partial charge in [-0.3, -0.25) is 0 Å². The summed E-state index contributed by atoms with van der Waals surface area (Å²) in [5.74, 6) is 0.741. The molecule has 2 radical (unpaired) electrons. The average molecular weight is 304 g/mol. The van der Waals surface area contributed by atoms with Crippen molar-refractivity contribution < 1.29 is 0 Å². The molecule has 0 aliphatic heterocycles. The number of hydrogen-bond acceptors (Lipinski definition) is 1. The van der Waals surface area contributed by atoms with Gasteiger partial charge >= 0.3 is 85.2 Å². The molecule has 1 nitrogen and oxygen atoms in total. The van der Waals surface area contributed by atoms with Crippen LogP contribution in [0.1, 0.15) is 18.4 Å². The summed E-state index contributed by atoms with van der Waals surface area (Å²) in [6.45, 7) is 2.31. The fourth-order valence-electron chi connectivity index (χ4n) is 1.15. The molecule has 0 heterocycles. The van der Waals surface area contributed by atoms with Crippen LogP contribution in [0.2, 0.25) is 4.44 Å². The molecule has 13 heavy (non-hydrogen) atoms. The molecule has 1 aromatic carbocycles. The summed E-state index contributed by atoms with van der Waals surface area (Å²) in [6, 6.07) is 10.8. The van der Waals surface area contributed by atoms with Crippen molar-refractivity contribution >= 4 is 33.8 Å². The second kappa shape index (κ2) is 7.65. The molecule has 0 aliphatic rings. The predicted octanol–water partition coefficient (Wildman–Crippen LogP) is 2.47. The van der Waals surface area contributed by atoms with E-state index in [0.717, 1.165) is 5.92 Å². The van der Waals surface area contributed by atoms with Gasteiger partial charge in [-0.25, -0.2) is 0 Å². The molecular formula is C10H16ClNSn. The summed E-state index contributed by atoms with van der Waals surface area (Å²) < 4.78 is 4.72. The zero-order valence-corrected chi connectivity index (χ0v) is 11.8. The van der Waals surface area contributed by atoms with Crippen LogP contribution >= 0.6 is 12.4 Å². The zero-order valence-electron chi connectivity index (χ0n) is 8.08. The number of halogens is 1. The molecule has 1 atom stereocenters. The van der Waals surface area contributed by atoms with Gasteiger partial charge in [0.25, 0.3) is 0 Å². The van der Waals surface area contributed by atoms with Crippen molar-refractivity contribution in [2.24, 2.45) is 0 Å². The van der Waals surface area contributed by atoms with E-state index in [1.807, 2.05) is 0 Å². The number of hydrogen-bond donors (Lipinski definition) is 1. The quantitative estimate of drug-likeness (QED) is 0.843. The summed E-state index contributed by atoms with van der Waals surface area (Å²) in [7, 11) is 2.07. The van der Waals surface area contributed by atoms with E-state index in [2.05, 4.69) is 47.8 Å². The Balaban J connectivity index is 0.00000144. The Morgan fingerprint density at radius 1 is 1.31 bits per heavy atom. The molecule has 0 fully saturated rings. The number of rotatable bonds is 4. The summed E-state index contributed by atoms with van der Waals surface area (Å²) in [4.78, 5) is 0. The van der Waals surface area contributed by atoms with E-state index in [0.29, 0.717) is 0 Å². The predicted molar refractivity (Wildman–Crippen MR) is 61.7 cm³/mol. The minimum atomic E-state index is -0.269. The van der Waals surface area contributed by atoms with Crippen molar-refractivity contribution in [1.29, 1.82) is 0 Å². The third-order valence-corrected chi connectivity index (χ3v) is 5.29. The van der Waals surface area contributed by atoms with Crippen LogP contribution in [-0.2, 0) is 0 Å². The molecule has 1 rings (SSSR count). The maximum atomic E-state index is 3.34. The molecular weight excluding hydrogens is 288 g/mol. The number of benzene rings is 1. The Kier molecular flexibility index (Phi) is 7.81. The molecule has 0 amide bonds. The van der Waals surface area contributed by atoms with E-state index in [1.165, 1.54) is 10.0 Å². The zero-order chi connectivity index (χ0) is 8.81. The van der Waals surface area contributed by atoms with Gasteiger partial charge in [0.05, 0.1) is 0 Å². The van der Waals surface area contributed by atoms with Gasteiger partial charge in [0.1, 0.15) is 0 Å². The molecule has 3 heteroatoms. The third kappa shape index (κ3) is 4.89. The molecule has 0 spiro atoms. The molecule has 72 valence electrons. The third-order valence-electron chi connectivity index (χ3n) is 1.95. The van der Waals surface area contributed by atoms with Crippen molar-refractivity contribution in [3.8, 4) is 0 Å². The Morgan fingerprint density at radius 3 is 2.46 bits per heavy atom. The smallest absolute Gasteiger partial charge is 0.147 e. The SMILES string of the molecule is C[NH][Sn][CH2]C(C)c1ccccc1.Cl.